The molecule has 2 heterocycles. The number of carbonyl (C=O) groups is 1. The van der Waals surface area contributed by atoms with Crippen LogP contribution in [0.4, 0.5) is 0 Å². The van der Waals surface area contributed by atoms with Crippen LogP contribution in [0.25, 0.3) is 0 Å². The summed E-state index contributed by atoms with van der Waals surface area (Å²) >= 11 is 0. The third kappa shape index (κ3) is 6.57. The van der Waals surface area contributed by atoms with Crippen LogP contribution in [0.15, 0.2) is 28.0 Å². The van der Waals surface area contributed by atoms with Crippen LogP contribution in [0.5, 0.6) is 0 Å². The van der Waals surface area contributed by atoms with Gasteiger partial charge in [0.15, 0.2) is 0 Å². The number of hydrogen-bond donors (Lipinski definition) is 2. The number of furan rings is 1. The Morgan fingerprint density at radius 2 is 2.23 bits per heavy atom. The molecule has 0 fully saturated rings. The molecule has 0 aromatic carbocycles. The fourth-order valence-electron chi connectivity index (χ4n) is 0.562. The van der Waals surface area contributed by atoms with E-state index in [-0.39, 0.29) is 12.6 Å². The average Bonchev–Trinajstić information content (AvgIpc) is 2.80. The second-order valence-electron chi connectivity index (χ2n) is 1.97. The first-order valence-electron chi connectivity index (χ1n) is 3.21. The van der Waals surface area contributed by atoms with Gasteiger partial charge in [0, 0.05) is 0 Å². The molecule has 0 spiro atoms. The maximum absolute atomic E-state index is 10.0. The lowest BCUT2D eigenvalue weighted by Gasteiger charge is -1.85. The monoisotopic (exact) mass is 186 g/mol. The number of aliphatic carboxylic acids is 1. The van der Waals surface area contributed by atoms with E-state index in [1.54, 1.807) is 12.1 Å². The van der Waals surface area contributed by atoms with Gasteiger partial charge in [-0.05, 0) is 17.3 Å². The first-order valence-corrected chi connectivity index (χ1v) is 3.21. The number of rotatable bonds is 2. The minimum Gasteiger partial charge on any atom is -0.481 e. The van der Waals surface area contributed by atoms with E-state index in [0.29, 0.717) is 5.76 Å². The van der Waals surface area contributed by atoms with Gasteiger partial charge < -0.3 is 20.5 Å². The number of nitrogens with zero attached hydrogens (tertiary/aromatic N) is 1. The smallest absolute Gasteiger partial charge is 0.311 e. The molecule has 4 N–H and O–H groups in total. The molecule has 72 valence electrons. The second kappa shape index (κ2) is 5.78. The summed E-state index contributed by atoms with van der Waals surface area (Å²) in [6, 6.07) is 3.30. The SMILES string of the molecule is C1=NO1.N.O=C(O)Cc1ccco1. The molecule has 1 aliphatic rings. The first-order chi connectivity index (χ1) is 5.79. The molecule has 13 heavy (non-hydrogen) atoms. The minimum atomic E-state index is -0.870. The molecule has 0 aliphatic carbocycles. The predicted molar refractivity (Wildman–Crippen MR) is 44.6 cm³/mol. The van der Waals surface area contributed by atoms with Crippen molar-refractivity contribution in [3.63, 3.8) is 0 Å². The third-order valence-corrected chi connectivity index (χ3v) is 1.01. The van der Waals surface area contributed by atoms with Gasteiger partial charge in [0.25, 0.3) is 0 Å². The van der Waals surface area contributed by atoms with Crippen LogP contribution >= 0.6 is 0 Å². The lowest BCUT2D eigenvalue weighted by molar-refractivity contribution is -0.136. The summed E-state index contributed by atoms with van der Waals surface area (Å²) < 4.78 is 4.76. The minimum absolute atomic E-state index is 0. The van der Waals surface area contributed by atoms with Crippen molar-refractivity contribution < 1.29 is 19.2 Å². The van der Waals surface area contributed by atoms with Crippen molar-refractivity contribution in [2.75, 3.05) is 0 Å². The molecule has 0 saturated heterocycles. The molecule has 2 rings (SSSR count). The van der Waals surface area contributed by atoms with Gasteiger partial charge >= 0.3 is 5.97 Å². The number of hydrogen-bond acceptors (Lipinski definition) is 5. The molecule has 0 radical (unpaired) electrons. The zero-order valence-electron chi connectivity index (χ0n) is 6.84. The Kier molecular flexibility index (Phi) is 4.97. The Hall–Kier alpha value is -1.82. The Morgan fingerprint density at radius 3 is 2.54 bits per heavy atom. The quantitative estimate of drug-likeness (QED) is 0.716. The Morgan fingerprint density at radius 1 is 1.62 bits per heavy atom. The fraction of sp³-hybridized carbons (Fsp3) is 0.143. The highest BCUT2D eigenvalue weighted by atomic mass is 16.7. The zero-order chi connectivity index (χ0) is 8.81. The van der Waals surface area contributed by atoms with Crippen LogP contribution in [-0.2, 0) is 16.1 Å². The van der Waals surface area contributed by atoms with Crippen molar-refractivity contribution >= 4 is 12.4 Å². The Bertz CT molecular complexity index is 264. The number of carboxylic acids is 1. The summed E-state index contributed by atoms with van der Waals surface area (Å²) in [5, 5.41) is 11.4. The molecule has 0 saturated carbocycles. The highest BCUT2D eigenvalue weighted by Gasteiger charge is 2.00. The summed E-state index contributed by atoms with van der Waals surface area (Å²) in [7, 11) is 0. The topological polar surface area (TPSA) is 110 Å². The molecule has 0 bridgehead atoms. The van der Waals surface area contributed by atoms with Crippen molar-refractivity contribution in [2.24, 2.45) is 5.16 Å². The van der Waals surface area contributed by atoms with Crippen molar-refractivity contribution in [1.82, 2.24) is 6.15 Å². The van der Waals surface area contributed by atoms with Crippen molar-refractivity contribution in [3.05, 3.63) is 24.2 Å². The molecule has 0 atom stereocenters. The van der Waals surface area contributed by atoms with E-state index < -0.39 is 5.97 Å². The van der Waals surface area contributed by atoms with Gasteiger partial charge in [-0.1, -0.05) is 0 Å². The van der Waals surface area contributed by atoms with Crippen LogP contribution in [-0.4, -0.2) is 17.5 Å². The second-order valence-corrected chi connectivity index (χ2v) is 1.97. The largest absolute Gasteiger partial charge is 0.481 e. The van der Waals surface area contributed by atoms with Gasteiger partial charge in [-0.2, -0.15) is 0 Å². The molecule has 0 unspecified atom stereocenters. The molecular formula is C7H10N2O4. The molecular weight excluding hydrogens is 176 g/mol. The van der Waals surface area contributed by atoms with Crippen LogP contribution in [0.3, 0.4) is 0 Å². The normalized spacial score (nSPS) is 10.2. The van der Waals surface area contributed by atoms with E-state index in [1.165, 1.54) is 12.7 Å². The highest BCUT2D eigenvalue weighted by Crippen LogP contribution is 1.99. The summed E-state index contributed by atoms with van der Waals surface area (Å²) in [6.45, 7) is 0. The van der Waals surface area contributed by atoms with Gasteiger partial charge in [0.1, 0.15) is 12.2 Å². The van der Waals surface area contributed by atoms with Crippen LogP contribution < -0.4 is 6.15 Å². The molecule has 0 amide bonds. The molecule has 6 heteroatoms. The maximum atomic E-state index is 10.0. The van der Waals surface area contributed by atoms with Gasteiger partial charge in [-0.15, -0.1) is 0 Å². The van der Waals surface area contributed by atoms with Crippen molar-refractivity contribution in [2.45, 2.75) is 6.42 Å². The highest BCUT2D eigenvalue weighted by molar-refractivity contribution is 5.69. The Labute approximate surface area is 74.4 Å². The fourth-order valence-corrected chi connectivity index (χ4v) is 0.562. The predicted octanol–water partition coefficient (Wildman–Crippen LogP) is 1.03. The average molecular weight is 186 g/mol. The van der Waals surface area contributed by atoms with E-state index in [9.17, 15) is 4.79 Å². The van der Waals surface area contributed by atoms with Crippen LogP contribution in [0.1, 0.15) is 5.76 Å². The number of carboxylic acid groups (broad SMARTS) is 1. The zero-order valence-corrected chi connectivity index (χ0v) is 6.84. The lowest BCUT2D eigenvalue weighted by atomic mass is 10.3. The third-order valence-electron chi connectivity index (χ3n) is 1.01. The lowest BCUT2D eigenvalue weighted by Crippen LogP contribution is -1.97. The van der Waals surface area contributed by atoms with E-state index >= 15 is 0 Å². The summed E-state index contributed by atoms with van der Waals surface area (Å²) in [6.07, 6.45) is 2.80. The van der Waals surface area contributed by atoms with Gasteiger partial charge in [0.05, 0.1) is 6.26 Å². The maximum Gasteiger partial charge on any atom is 0.311 e. The number of oxime groups is 1. The first kappa shape index (κ1) is 11.2. The van der Waals surface area contributed by atoms with Crippen molar-refractivity contribution in [1.29, 1.82) is 0 Å². The summed E-state index contributed by atoms with van der Waals surface area (Å²) in [5.74, 6) is -0.382. The standard InChI is InChI=1S/C6H6O3.CHNO.H3N/c7-6(8)4-5-2-1-3-9-5;1-2-3-1;/h1-3H,4H2,(H,7,8);1H;1H3. The van der Waals surface area contributed by atoms with E-state index in [4.69, 9.17) is 9.52 Å². The molecule has 1 aliphatic heterocycles. The summed E-state index contributed by atoms with van der Waals surface area (Å²) in [4.78, 5) is 14.0. The van der Waals surface area contributed by atoms with Crippen LogP contribution in [0.2, 0.25) is 0 Å². The summed E-state index contributed by atoms with van der Waals surface area (Å²) in [5.41, 5.74) is 0. The van der Waals surface area contributed by atoms with E-state index in [1.807, 2.05) is 0 Å². The van der Waals surface area contributed by atoms with Crippen molar-refractivity contribution in [3.8, 4) is 0 Å². The molecule has 1 aromatic heterocycles. The van der Waals surface area contributed by atoms with Crippen LogP contribution in [0, 0.1) is 0 Å². The van der Waals surface area contributed by atoms with Gasteiger partial charge in [0.2, 0.25) is 6.40 Å². The van der Waals surface area contributed by atoms with E-state index in [0.717, 1.165) is 0 Å². The Balaban J connectivity index is 0.000000306. The van der Waals surface area contributed by atoms with Gasteiger partial charge in [-0.25, -0.2) is 0 Å². The van der Waals surface area contributed by atoms with Gasteiger partial charge in [-0.3, -0.25) is 4.79 Å². The molecule has 1 aromatic rings. The molecule has 6 nitrogen and oxygen atoms in total. The van der Waals surface area contributed by atoms with E-state index in [2.05, 4.69) is 9.99 Å².